The fourth-order valence-electron chi connectivity index (χ4n) is 4.52. The van der Waals surface area contributed by atoms with Crippen LogP contribution in [0.5, 0.6) is 0 Å². The summed E-state index contributed by atoms with van der Waals surface area (Å²) in [4.78, 5) is 11.7. The number of aliphatic hydroxyl groups excluding tert-OH is 1. The van der Waals surface area contributed by atoms with Gasteiger partial charge in [0.2, 0.25) is 0 Å². The van der Waals surface area contributed by atoms with Gasteiger partial charge in [-0.25, -0.2) is 4.79 Å². The van der Waals surface area contributed by atoms with Gasteiger partial charge in [0, 0.05) is 17.4 Å². The first-order valence-corrected chi connectivity index (χ1v) is 7.40. The van der Waals surface area contributed by atoms with E-state index in [9.17, 15) is 15.0 Å². The van der Waals surface area contributed by atoms with Crippen molar-refractivity contribution >= 4 is 5.97 Å². The maximum Gasteiger partial charge on any atom is 0.333 e. The van der Waals surface area contributed by atoms with Gasteiger partial charge in [-0.2, -0.15) is 0 Å². The minimum Gasteiger partial charge on any atom is -0.466 e. The number of ether oxygens (including phenoxy) is 1. The maximum absolute atomic E-state index is 11.7. The van der Waals surface area contributed by atoms with E-state index in [1.165, 1.54) is 7.11 Å². The van der Waals surface area contributed by atoms with E-state index in [1.807, 2.05) is 6.92 Å². The van der Waals surface area contributed by atoms with Crippen LogP contribution >= 0.6 is 0 Å². The molecule has 2 rings (SSSR count). The van der Waals surface area contributed by atoms with Crippen molar-refractivity contribution in [1.29, 1.82) is 0 Å². The number of hydrogen-bond acceptors (Lipinski definition) is 4. The minimum atomic E-state index is -0.887. The average molecular weight is 282 g/mol. The van der Waals surface area contributed by atoms with Crippen LogP contribution < -0.4 is 0 Å². The molecule has 2 saturated carbocycles. The number of carbonyl (C=O) groups is 1. The summed E-state index contributed by atoms with van der Waals surface area (Å²) in [5, 5.41) is 21.4. The van der Waals surface area contributed by atoms with Crippen LogP contribution in [0.25, 0.3) is 0 Å². The zero-order valence-corrected chi connectivity index (χ0v) is 12.7. The van der Waals surface area contributed by atoms with Gasteiger partial charge in [-0.15, -0.1) is 0 Å². The molecule has 2 aliphatic rings. The smallest absolute Gasteiger partial charge is 0.333 e. The monoisotopic (exact) mass is 282 g/mol. The Balaban J connectivity index is 2.28. The van der Waals surface area contributed by atoms with Crippen LogP contribution in [-0.2, 0) is 9.53 Å². The summed E-state index contributed by atoms with van der Waals surface area (Å²) in [6.45, 7) is 7.74. The van der Waals surface area contributed by atoms with Crippen LogP contribution in [-0.4, -0.2) is 35.0 Å². The van der Waals surface area contributed by atoms with E-state index in [-0.39, 0.29) is 17.3 Å². The SMILES string of the molecule is C=C(C(=O)OC)[C@@H]1CC[C@@]2(C)CCC[C@@](C)(O)[C@@H]2[C@H]1O. The molecule has 0 aromatic rings. The third-order valence-corrected chi connectivity index (χ3v) is 5.53. The Morgan fingerprint density at radius 3 is 2.55 bits per heavy atom. The Labute approximate surface area is 120 Å². The summed E-state index contributed by atoms with van der Waals surface area (Å²) in [5.74, 6) is -0.998. The number of esters is 1. The lowest BCUT2D eigenvalue weighted by molar-refractivity contribution is -0.176. The van der Waals surface area contributed by atoms with Crippen molar-refractivity contribution in [3.8, 4) is 0 Å². The molecule has 0 amide bonds. The van der Waals surface area contributed by atoms with Crippen molar-refractivity contribution in [3.05, 3.63) is 12.2 Å². The van der Waals surface area contributed by atoms with Crippen molar-refractivity contribution in [2.24, 2.45) is 17.3 Å². The van der Waals surface area contributed by atoms with E-state index in [4.69, 9.17) is 4.74 Å². The van der Waals surface area contributed by atoms with E-state index in [0.29, 0.717) is 12.0 Å². The van der Waals surface area contributed by atoms with Crippen LogP contribution in [0.3, 0.4) is 0 Å². The van der Waals surface area contributed by atoms with E-state index < -0.39 is 17.7 Å². The molecule has 0 unspecified atom stereocenters. The second-order valence-corrected chi connectivity index (χ2v) is 7.00. The molecular weight excluding hydrogens is 256 g/mol. The van der Waals surface area contributed by atoms with Crippen molar-refractivity contribution in [2.75, 3.05) is 7.11 Å². The summed E-state index contributed by atoms with van der Waals surface area (Å²) in [6, 6.07) is 0. The highest BCUT2D eigenvalue weighted by Gasteiger charge is 2.56. The highest BCUT2D eigenvalue weighted by Crippen LogP contribution is 2.56. The van der Waals surface area contributed by atoms with Crippen molar-refractivity contribution < 1.29 is 19.7 Å². The van der Waals surface area contributed by atoms with Gasteiger partial charge in [0.25, 0.3) is 0 Å². The third-order valence-electron chi connectivity index (χ3n) is 5.53. The average Bonchev–Trinajstić information content (AvgIpc) is 2.35. The highest BCUT2D eigenvalue weighted by atomic mass is 16.5. The number of rotatable bonds is 2. The van der Waals surface area contributed by atoms with Crippen LogP contribution in [0.1, 0.15) is 46.0 Å². The Kier molecular flexibility index (Phi) is 4.00. The largest absolute Gasteiger partial charge is 0.466 e. The molecule has 0 spiro atoms. The molecule has 20 heavy (non-hydrogen) atoms. The van der Waals surface area contributed by atoms with Gasteiger partial charge in [0.15, 0.2) is 0 Å². The van der Waals surface area contributed by atoms with Crippen molar-refractivity contribution in [1.82, 2.24) is 0 Å². The first kappa shape index (κ1) is 15.5. The summed E-state index contributed by atoms with van der Waals surface area (Å²) < 4.78 is 4.71. The van der Waals surface area contributed by atoms with Gasteiger partial charge in [0.05, 0.1) is 18.8 Å². The molecule has 5 atom stereocenters. The van der Waals surface area contributed by atoms with Crippen molar-refractivity contribution in [2.45, 2.75) is 57.7 Å². The molecule has 4 heteroatoms. The standard InChI is InChI=1S/C16H26O4/c1-10(14(18)20-4)11-6-9-15(2)7-5-8-16(3,19)13(15)12(11)17/h11-13,17,19H,1,5-9H2,2-4H3/t11-,12-,13+,15+,16+/m0/s1. The first-order chi connectivity index (χ1) is 9.23. The molecule has 0 aromatic carbocycles. The Bertz CT molecular complexity index is 415. The molecule has 0 radical (unpaired) electrons. The number of hydrogen-bond donors (Lipinski definition) is 2. The van der Waals surface area contributed by atoms with Gasteiger partial charge < -0.3 is 14.9 Å². The maximum atomic E-state index is 11.7. The van der Waals surface area contributed by atoms with E-state index in [1.54, 1.807) is 0 Å². The first-order valence-electron chi connectivity index (χ1n) is 7.40. The summed E-state index contributed by atoms with van der Waals surface area (Å²) >= 11 is 0. The molecule has 114 valence electrons. The van der Waals surface area contributed by atoms with Crippen LogP contribution in [0.15, 0.2) is 12.2 Å². The van der Waals surface area contributed by atoms with E-state index in [2.05, 4.69) is 13.5 Å². The molecule has 0 saturated heterocycles. The molecule has 0 bridgehead atoms. The van der Waals surface area contributed by atoms with Crippen LogP contribution in [0.2, 0.25) is 0 Å². The van der Waals surface area contributed by atoms with Gasteiger partial charge in [-0.1, -0.05) is 19.9 Å². The van der Waals surface area contributed by atoms with Gasteiger partial charge >= 0.3 is 5.97 Å². The molecule has 0 heterocycles. The Morgan fingerprint density at radius 2 is 1.95 bits per heavy atom. The second-order valence-electron chi connectivity index (χ2n) is 7.00. The summed E-state index contributed by atoms with van der Waals surface area (Å²) in [7, 11) is 1.32. The molecule has 0 aliphatic heterocycles. The second kappa shape index (κ2) is 5.15. The molecule has 2 fully saturated rings. The summed E-state index contributed by atoms with van der Waals surface area (Å²) in [6.07, 6.45) is 3.57. The lowest BCUT2D eigenvalue weighted by atomic mass is 9.52. The van der Waals surface area contributed by atoms with Gasteiger partial charge in [0.1, 0.15) is 0 Å². The predicted octanol–water partition coefficient (Wildman–Crippen LogP) is 2.04. The predicted molar refractivity (Wildman–Crippen MR) is 76.0 cm³/mol. The summed E-state index contributed by atoms with van der Waals surface area (Å²) in [5.41, 5.74) is -0.626. The lowest BCUT2D eigenvalue weighted by Gasteiger charge is -2.56. The number of fused-ring (bicyclic) bond motifs is 1. The topological polar surface area (TPSA) is 66.8 Å². The van der Waals surface area contributed by atoms with E-state index >= 15 is 0 Å². The Morgan fingerprint density at radius 1 is 1.30 bits per heavy atom. The third kappa shape index (κ3) is 2.40. The molecule has 2 aliphatic carbocycles. The number of carbonyl (C=O) groups excluding carboxylic acids is 1. The molecule has 4 nitrogen and oxygen atoms in total. The Hall–Kier alpha value is -0.870. The van der Waals surface area contributed by atoms with Crippen molar-refractivity contribution in [3.63, 3.8) is 0 Å². The molecule has 2 N–H and O–H groups in total. The number of aliphatic hydroxyl groups is 2. The fourth-order valence-corrected chi connectivity index (χ4v) is 4.52. The van der Waals surface area contributed by atoms with Gasteiger partial charge in [-0.05, 0) is 38.0 Å². The highest BCUT2D eigenvalue weighted by molar-refractivity contribution is 5.88. The zero-order chi connectivity index (χ0) is 15.1. The van der Waals surface area contributed by atoms with E-state index in [0.717, 1.165) is 25.7 Å². The van der Waals surface area contributed by atoms with Crippen LogP contribution in [0, 0.1) is 17.3 Å². The quantitative estimate of drug-likeness (QED) is 0.601. The lowest BCUT2D eigenvalue weighted by Crippen LogP contribution is -2.58. The molecular formula is C16H26O4. The minimum absolute atomic E-state index is 0.0614. The number of methoxy groups -OCH3 is 1. The zero-order valence-electron chi connectivity index (χ0n) is 12.7. The normalized spacial score (nSPS) is 44.5. The van der Waals surface area contributed by atoms with Gasteiger partial charge in [-0.3, -0.25) is 0 Å². The van der Waals surface area contributed by atoms with Crippen LogP contribution in [0.4, 0.5) is 0 Å². The fraction of sp³-hybridized carbons (Fsp3) is 0.812. The molecule has 0 aromatic heterocycles.